The first-order valence-corrected chi connectivity index (χ1v) is 9.30. The van der Waals surface area contributed by atoms with E-state index in [0.29, 0.717) is 33.5 Å². The first kappa shape index (κ1) is 19.3. The fraction of sp³-hybridized carbons (Fsp3) is 0.333. The van der Waals surface area contributed by atoms with Crippen molar-refractivity contribution in [1.82, 2.24) is 15.3 Å². The number of aryl methyl sites for hydroxylation is 2. The Labute approximate surface area is 168 Å². The largest absolute Gasteiger partial charge is 0.495 e. The molecule has 142 valence electrons. The van der Waals surface area contributed by atoms with Crippen LogP contribution < -0.4 is 20.7 Å². The van der Waals surface area contributed by atoms with Crippen molar-refractivity contribution in [2.45, 2.75) is 32.7 Å². The summed E-state index contributed by atoms with van der Waals surface area (Å²) in [5, 5.41) is 10.2. The highest BCUT2D eigenvalue weighted by molar-refractivity contribution is 7.80. The maximum Gasteiger partial charge on any atom is 0.229 e. The van der Waals surface area contributed by atoms with E-state index in [-0.39, 0.29) is 6.04 Å². The number of thiocarbonyl (C=S) groups is 1. The smallest absolute Gasteiger partial charge is 0.229 e. The third-order valence-electron chi connectivity index (χ3n) is 3.71. The lowest BCUT2D eigenvalue weighted by molar-refractivity contribution is 0.417. The Bertz CT molecular complexity index is 864. The quantitative estimate of drug-likeness (QED) is 0.407. The topological polar surface area (TPSA) is 83.5 Å². The van der Waals surface area contributed by atoms with E-state index >= 15 is 0 Å². The van der Waals surface area contributed by atoms with Crippen LogP contribution in [0.15, 0.2) is 29.3 Å². The molecule has 1 heterocycles. The molecule has 0 aliphatic heterocycles. The lowest BCUT2D eigenvalue weighted by atomic mass is 10.3. The molecule has 9 heteroatoms. The van der Waals surface area contributed by atoms with Crippen molar-refractivity contribution in [2.75, 3.05) is 17.7 Å². The Kier molecular flexibility index (Phi) is 6.08. The van der Waals surface area contributed by atoms with Crippen molar-refractivity contribution in [2.24, 2.45) is 4.99 Å². The van der Waals surface area contributed by atoms with Crippen molar-refractivity contribution >= 4 is 46.5 Å². The minimum absolute atomic E-state index is 0.286. The van der Waals surface area contributed by atoms with Crippen molar-refractivity contribution < 1.29 is 4.74 Å². The van der Waals surface area contributed by atoms with Crippen LogP contribution in [-0.2, 0) is 0 Å². The van der Waals surface area contributed by atoms with E-state index in [4.69, 9.17) is 28.6 Å². The third kappa shape index (κ3) is 5.77. The second-order valence-electron chi connectivity index (χ2n) is 6.23. The van der Waals surface area contributed by atoms with Crippen LogP contribution in [0.1, 0.15) is 24.2 Å². The zero-order valence-electron chi connectivity index (χ0n) is 15.3. The van der Waals surface area contributed by atoms with E-state index in [9.17, 15) is 0 Å². The fourth-order valence-corrected chi connectivity index (χ4v) is 2.79. The fourth-order valence-electron chi connectivity index (χ4n) is 2.41. The Balaban J connectivity index is 1.73. The first-order chi connectivity index (χ1) is 12.9. The van der Waals surface area contributed by atoms with Gasteiger partial charge in [-0.3, -0.25) is 5.32 Å². The second-order valence-corrected chi connectivity index (χ2v) is 7.08. The minimum atomic E-state index is 0.286. The predicted octanol–water partition coefficient (Wildman–Crippen LogP) is 3.67. The Morgan fingerprint density at radius 2 is 1.89 bits per heavy atom. The molecule has 1 aliphatic rings. The third-order valence-corrected chi connectivity index (χ3v) is 4.15. The van der Waals surface area contributed by atoms with Gasteiger partial charge in [-0.2, -0.15) is 0 Å². The molecule has 0 unspecified atom stereocenters. The van der Waals surface area contributed by atoms with E-state index in [1.54, 1.807) is 25.3 Å². The number of aliphatic imine (C=N–C) groups is 1. The molecule has 0 amide bonds. The molecule has 1 saturated carbocycles. The molecule has 0 saturated heterocycles. The standard InChI is InChI=1S/C18H21ClN6OS/c1-10-8-11(2)21-16(20-10)24-17(22-13-5-6-13)25-18(27)23-14-9-12(19)4-7-15(14)26-3/h4,7-9,13H,5-6H2,1-3H3,(H3,20,21,22,23,24,25,27). The summed E-state index contributed by atoms with van der Waals surface area (Å²) in [5.74, 6) is 1.61. The van der Waals surface area contributed by atoms with Gasteiger partial charge in [-0.15, -0.1) is 0 Å². The summed E-state index contributed by atoms with van der Waals surface area (Å²) in [6.45, 7) is 3.84. The lowest BCUT2D eigenvalue weighted by Crippen LogP contribution is -2.39. The van der Waals surface area contributed by atoms with Crippen LogP contribution in [0.2, 0.25) is 5.02 Å². The summed E-state index contributed by atoms with van der Waals surface area (Å²) in [6.07, 6.45) is 2.12. The van der Waals surface area contributed by atoms with Crippen LogP contribution in [-0.4, -0.2) is 34.2 Å². The summed E-state index contributed by atoms with van der Waals surface area (Å²) in [7, 11) is 1.59. The number of anilines is 2. The molecule has 27 heavy (non-hydrogen) atoms. The van der Waals surface area contributed by atoms with Gasteiger partial charge in [0, 0.05) is 16.4 Å². The summed E-state index contributed by atoms with van der Waals surface area (Å²) >= 11 is 11.5. The lowest BCUT2D eigenvalue weighted by Gasteiger charge is -2.16. The minimum Gasteiger partial charge on any atom is -0.495 e. The van der Waals surface area contributed by atoms with Gasteiger partial charge in [-0.1, -0.05) is 11.6 Å². The van der Waals surface area contributed by atoms with Crippen LogP contribution in [0.5, 0.6) is 5.75 Å². The normalized spacial score (nSPS) is 13.9. The van der Waals surface area contributed by atoms with E-state index < -0.39 is 0 Å². The first-order valence-electron chi connectivity index (χ1n) is 8.51. The van der Waals surface area contributed by atoms with Gasteiger partial charge in [0.1, 0.15) is 5.75 Å². The maximum atomic E-state index is 6.07. The molecule has 0 radical (unpaired) electrons. The second kappa shape index (κ2) is 8.49. The number of nitrogens with one attached hydrogen (secondary N) is 3. The highest BCUT2D eigenvalue weighted by Crippen LogP contribution is 2.27. The molecular formula is C18H21ClN6OS. The number of benzene rings is 1. The number of guanidine groups is 1. The summed E-state index contributed by atoms with van der Waals surface area (Å²) in [4.78, 5) is 13.4. The molecule has 0 bridgehead atoms. The van der Waals surface area contributed by atoms with Crippen LogP contribution in [0.25, 0.3) is 0 Å². The maximum absolute atomic E-state index is 6.07. The number of methoxy groups -OCH3 is 1. The van der Waals surface area contributed by atoms with Gasteiger partial charge >= 0.3 is 0 Å². The zero-order valence-corrected chi connectivity index (χ0v) is 16.9. The van der Waals surface area contributed by atoms with Crippen LogP contribution in [0.3, 0.4) is 0 Å². The molecule has 1 aliphatic carbocycles. The molecule has 0 spiro atoms. The molecule has 3 N–H and O–H groups in total. The zero-order chi connectivity index (χ0) is 19.4. The number of hydrogen-bond acceptors (Lipinski definition) is 5. The molecule has 7 nitrogen and oxygen atoms in total. The average molecular weight is 405 g/mol. The Morgan fingerprint density at radius 3 is 2.52 bits per heavy atom. The molecule has 1 aromatic heterocycles. The molecule has 1 aromatic carbocycles. The monoisotopic (exact) mass is 404 g/mol. The van der Waals surface area contributed by atoms with E-state index in [1.165, 1.54) is 0 Å². The van der Waals surface area contributed by atoms with E-state index in [1.807, 2.05) is 19.9 Å². The number of aromatic nitrogens is 2. The predicted molar refractivity (Wildman–Crippen MR) is 113 cm³/mol. The van der Waals surface area contributed by atoms with Crippen molar-refractivity contribution in [3.05, 3.63) is 40.7 Å². The summed E-state index contributed by atoms with van der Waals surface area (Å²) < 4.78 is 5.33. The Morgan fingerprint density at radius 1 is 1.19 bits per heavy atom. The highest BCUT2D eigenvalue weighted by atomic mass is 35.5. The Hall–Kier alpha value is -2.45. The van der Waals surface area contributed by atoms with Gasteiger partial charge in [-0.25, -0.2) is 15.0 Å². The molecule has 2 aromatic rings. The summed E-state index contributed by atoms with van der Waals surface area (Å²) in [5.41, 5.74) is 2.41. The van der Waals surface area contributed by atoms with Gasteiger partial charge in [-0.05, 0) is 63.2 Å². The van der Waals surface area contributed by atoms with Crippen molar-refractivity contribution in [3.8, 4) is 5.75 Å². The van der Waals surface area contributed by atoms with Crippen LogP contribution in [0.4, 0.5) is 11.6 Å². The SMILES string of the molecule is COc1ccc(Cl)cc1NC(=S)NC(=NC1CC1)Nc1nc(C)cc(C)n1. The van der Waals surface area contributed by atoms with Crippen molar-refractivity contribution in [3.63, 3.8) is 0 Å². The van der Waals surface area contributed by atoms with Crippen LogP contribution in [0, 0.1) is 13.8 Å². The van der Waals surface area contributed by atoms with Crippen molar-refractivity contribution in [1.29, 1.82) is 0 Å². The molecular weight excluding hydrogens is 384 g/mol. The molecule has 3 rings (SSSR count). The van der Waals surface area contributed by atoms with Gasteiger partial charge in [0.2, 0.25) is 11.9 Å². The number of nitrogens with zero attached hydrogens (tertiary/aromatic N) is 3. The number of ether oxygens (including phenoxy) is 1. The number of hydrogen-bond donors (Lipinski definition) is 3. The highest BCUT2D eigenvalue weighted by Gasteiger charge is 2.22. The van der Waals surface area contributed by atoms with Gasteiger partial charge in [0.05, 0.1) is 18.8 Å². The summed E-state index contributed by atoms with van der Waals surface area (Å²) in [6, 6.07) is 7.46. The van der Waals surface area contributed by atoms with Crippen LogP contribution >= 0.6 is 23.8 Å². The van der Waals surface area contributed by atoms with Gasteiger partial charge in [0.25, 0.3) is 0 Å². The molecule has 0 atom stereocenters. The van der Waals surface area contributed by atoms with E-state index in [0.717, 1.165) is 24.2 Å². The van der Waals surface area contributed by atoms with Gasteiger partial charge < -0.3 is 15.4 Å². The molecule has 1 fully saturated rings. The average Bonchev–Trinajstić information content (AvgIpc) is 3.38. The van der Waals surface area contributed by atoms with E-state index in [2.05, 4.69) is 30.9 Å². The number of halogens is 1. The number of rotatable bonds is 4. The van der Waals surface area contributed by atoms with Gasteiger partial charge in [0.15, 0.2) is 5.11 Å².